The van der Waals surface area contributed by atoms with Gasteiger partial charge in [-0.1, -0.05) is 12.1 Å². The molecule has 2 aromatic carbocycles. The number of amides is 2. The number of nitrogens with zero attached hydrogens (tertiary/aromatic N) is 1. The van der Waals surface area contributed by atoms with Crippen molar-refractivity contribution in [3.8, 4) is 17.0 Å². The van der Waals surface area contributed by atoms with Crippen LogP contribution in [0.5, 0.6) is 5.75 Å². The third-order valence-electron chi connectivity index (χ3n) is 4.37. The number of hydrogen-bond donors (Lipinski definition) is 3. The number of nitrogens with one attached hydrogen (secondary N) is 1. The summed E-state index contributed by atoms with van der Waals surface area (Å²) < 4.78 is 77.3. The van der Waals surface area contributed by atoms with Crippen LogP contribution in [0.4, 0.5) is 26.7 Å². The maximum Gasteiger partial charge on any atom is 0.416 e. The highest BCUT2D eigenvalue weighted by Crippen LogP contribution is 2.35. The van der Waals surface area contributed by atoms with Gasteiger partial charge in [-0.05, 0) is 35.9 Å². The Morgan fingerprint density at radius 3 is 2.38 bits per heavy atom. The monoisotopic (exact) mass is 505 g/mol. The molecule has 3 aromatic rings. The fraction of sp³-hybridized carbons (Fsp3) is 0.150. The van der Waals surface area contributed by atoms with Crippen molar-refractivity contribution >= 4 is 23.6 Å². The van der Waals surface area contributed by atoms with Gasteiger partial charge in [-0.25, -0.2) is 18.6 Å². The fourth-order valence-electron chi connectivity index (χ4n) is 2.81. The van der Waals surface area contributed by atoms with Crippen molar-refractivity contribution in [2.45, 2.75) is 12.3 Å². The first-order valence-electron chi connectivity index (χ1n) is 9.13. The van der Waals surface area contributed by atoms with Gasteiger partial charge in [-0.3, -0.25) is 4.79 Å². The predicted octanol–water partition coefficient (Wildman–Crippen LogP) is 4.78. The molecule has 34 heavy (non-hydrogen) atoms. The van der Waals surface area contributed by atoms with Crippen molar-refractivity contribution in [2.75, 3.05) is 6.54 Å². The number of alkyl halides is 3. The second-order valence-electron chi connectivity index (χ2n) is 6.64. The highest BCUT2D eigenvalue weighted by Gasteiger charge is 2.31. The molecule has 180 valence electrons. The first-order valence-corrected chi connectivity index (χ1v) is 9.51. The molecular weight excluding hydrogens is 493 g/mol. The molecular formula is C20H13ClF5N3O5. The van der Waals surface area contributed by atoms with Crippen LogP contribution in [0.2, 0.25) is 5.22 Å². The number of carbonyl (C=O) groups is 2. The number of rotatable bonds is 7. The second kappa shape index (κ2) is 9.55. The zero-order chi connectivity index (χ0) is 25.2. The molecule has 1 unspecified atom stereocenters. The molecule has 0 fully saturated rings. The maximum atomic E-state index is 14.6. The molecule has 3 rings (SSSR count). The fourth-order valence-corrected chi connectivity index (χ4v) is 3.04. The van der Waals surface area contributed by atoms with E-state index in [1.807, 2.05) is 5.32 Å². The topological polar surface area (TPSA) is 128 Å². The van der Waals surface area contributed by atoms with Crippen molar-refractivity contribution in [3.05, 3.63) is 70.3 Å². The van der Waals surface area contributed by atoms with Gasteiger partial charge in [0.15, 0.2) is 17.7 Å². The summed E-state index contributed by atoms with van der Waals surface area (Å²) in [5.41, 5.74) is 2.99. The van der Waals surface area contributed by atoms with Gasteiger partial charge in [0.2, 0.25) is 11.1 Å². The Bertz CT molecular complexity index is 1230. The Kier molecular flexibility index (Phi) is 6.96. The van der Waals surface area contributed by atoms with Gasteiger partial charge in [-0.15, -0.1) is 0 Å². The average Bonchev–Trinajstić information content (AvgIpc) is 3.13. The van der Waals surface area contributed by atoms with Gasteiger partial charge < -0.3 is 25.3 Å². The molecule has 0 aliphatic rings. The lowest BCUT2D eigenvalue weighted by molar-refractivity contribution is -0.137. The Hall–Kier alpha value is -3.87. The van der Waals surface area contributed by atoms with Crippen LogP contribution in [0.1, 0.15) is 27.9 Å². The molecule has 0 saturated carbocycles. The summed E-state index contributed by atoms with van der Waals surface area (Å²) >= 11 is 6.01. The Morgan fingerprint density at radius 1 is 1.18 bits per heavy atom. The van der Waals surface area contributed by atoms with Crippen molar-refractivity contribution in [2.24, 2.45) is 5.73 Å². The molecule has 8 nitrogen and oxygen atoms in total. The summed E-state index contributed by atoms with van der Waals surface area (Å²) in [4.78, 5) is 26.3. The maximum absolute atomic E-state index is 14.6. The number of aromatic nitrogens is 1. The highest BCUT2D eigenvalue weighted by molar-refractivity contribution is 6.31. The minimum absolute atomic E-state index is 0.105. The smallest absolute Gasteiger partial charge is 0.416 e. The van der Waals surface area contributed by atoms with Crippen LogP contribution in [-0.2, 0) is 6.18 Å². The number of oxazole rings is 1. The first-order chi connectivity index (χ1) is 15.9. The van der Waals surface area contributed by atoms with Gasteiger partial charge in [0.1, 0.15) is 17.1 Å². The standard InChI is InChI=1S/C20H13ClF5N3O5/c21-16-15(8-1-3-9(4-2-8)20(24,25)26)29-18(34-16)12(7-28-19(31)32)33-11-6-5-10(22)13(14(11)23)17(27)30/h1-6,12,28H,7H2,(H2,27,30)(H,31,32). The van der Waals surface area contributed by atoms with Crippen LogP contribution < -0.4 is 15.8 Å². The number of ether oxygens (including phenoxy) is 1. The van der Waals surface area contributed by atoms with E-state index in [-0.39, 0.29) is 16.5 Å². The van der Waals surface area contributed by atoms with E-state index in [1.54, 1.807) is 0 Å². The Balaban J connectivity index is 1.97. The molecule has 1 atom stereocenters. The quantitative estimate of drug-likeness (QED) is 0.397. The zero-order valence-corrected chi connectivity index (χ0v) is 17.4. The van der Waals surface area contributed by atoms with Crippen molar-refractivity contribution in [1.82, 2.24) is 10.3 Å². The molecule has 0 spiro atoms. The van der Waals surface area contributed by atoms with E-state index < -0.39 is 65.2 Å². The van der Waals surface area contributed by atoms with E-state index in [9.17, 15) is 31.5 Å². The summed E-state index contributed by atoms with van der Waals surface area (Å²) in [6.45, 7) is -0.568. The average molecular weight is 506 g/mol. The summed E-state index contributed by atoms with van der Waals surface area (Å²) in [5, 5.41) is 10.5. The van der Waals surface area contributed by atoms with Gasteiger partial charge >= 0.3 is 12.3 Å². The minimum Gasteiger partial charge on any atom is -0.476 e. The minimum atomic E-state index is -4.57. The van der Waals surface area contributed by atoms with Gasteiger partial charge in [0.25, 0.3) is 5.91 Å². The van der Waals surface area contributed by atoms with Gasteiger partial charge in [0.05, 0.1) is 12.1 Å². The van der Waals surface area contributed by atoms with Crippen LogP contribution >= 0.6 is 11.6 Å². The van der Waals surface area contributed by atoms with Crippen LogP contribution in [0.25, 0.3) is 11.3 Å². The highest BCUT2D eigenvalue weighted by atomic mass is 35.5. The summed E-state index contributed by atoms with van der Waals surface area (Å²) in [5.74, 6) is -5.19. The SMILES string of the molecule is NC(=O)c1c(F)ccc(OC(CNC(=O)O)c2nc(-c3ccc(C(F)(F)F)cc3)c(Cl)o2)c1F. The van der Waals surface area contributed by atoms with Gasteiger partial charge in [0, 0.05) is 5.56 Å². The first kappa shape index (κ1) is 24.8. The van der Waals surface area contributed by atoms with Gasteiger partial charge in [-0.2, -0.15) is 13.2 Å². The molecule has 14 heteroatoms. The molecule has 0 bridgehead atoms. The normalized spacial score (nSPS) is 12.3. The van der Waals surface area contributed by atoms with Crippen LogP contribution in [-0.4, -0.2) is 28.6 Å². The number of carbonyl (C=O) groups excluding carboxylic acids is 1. The molecule has 1 heterocycles. The van der Waals surface area contributed by atoms with Crippen LogP contribution in [0.15, 0.2) is 40.8 Å². The Morgan fingerprint density at radius 2 is 1.82 bits per heavy atom. The summed E-state index contributed by atoms with van der Waals surface area (Å²) in [7, 11) is 0. The number of hydrogen-bond acceptors (Lipinski definition) is 5. The van der Waals surface area contributed by atoms with Crippen LogP contribution in [0, 0.1) is 11.6 Å². The molecule has 0 radical (unpaired) electrons. The van der Waals surface area contributed by atoms with E-state index in [4.69, 9.17) is 31.6 Å². The third kappa shape index (κ3) is 5.36. The number of benzene rings is 2. The van der Waals surface area contributed by atoms with Crippen LogP contribution in [0.3, 0.4) is 0 Å². The molecule has 0 saturated heterocycles. The third-order valence-corrected chi connectivity index (χ3v) is 4.63. The lowest BCUT2D eigenvalue weighted by Gasteiger charge is -2.17. The van der Waals surface area contributed by atoms with E-state index >= 15 is 0 Å². The summed E-state index contributed by atoms with van der Waals surface area (Å²) in [6, 6.07) is 5.28. The molecule has 2 amide bonds. The van der Waals surface area contributed by atoms with Crippen molar-refractivity contribution in [3.63, 3.8) is 0 Å². The number of carboxylic acid groups (broad SMARTS) is 1. The van der Waals surface area contributed by atoms with E-state index in [1.165, 1.54) is 0 Å². The van der Waals surface area contributed by atoms with Crippen molar-refractivity contribution < 1.29 is 45.8 Å². The lowest BCUT2D eigenvalue weighted by Crippen LogP contribution is -2.29. The Labute approximate surface area is 192 Å². The number of halogens is 6. The number of primary amides is 1. The molecule has 1 aromatic heterocycles. The second-order valence-corrected chi connectivity index (χ2v) is 6.98. The van der Waals surface area contributed by atoms with Crippen molar-refractivity contribution in [1.29, 1.82) is 0 Å². The molecule has 0 aliphatic carbocycles. The predicted molar refractivity (Wildman–Crippen MR) is 106 cm³/mol. The summed E-state index contributed by atoms with van der Waals surface area (Å²) in [6.07, 6.45) is -7.55. The largest absolute Gasteiger partial charge is 0.476 e. The van der Waals surface area contributed by atoms with E-state index in [0.29, 0.717) is 6.07 Å². The van der Waals surface area contributed by atoms with E-state index in [0.717, 1.165) is 30.3 Å². The zero-order valence-electron chi connectivity index (χ0n) is 16.6. The lowest BCUT2D eigenvalue weighted by atomic mass is 10.1. The van der Waals surface area contributed by atoms with E-state index in [2.05, 4.69) is 4.98 Å². The number of nitrogens with two attached hydrogens (primary N) is 1. The molecule has 4 N–H and O–H groups in total. The molecule has 0 aliphatic heterocycles.